The van der Waals surface area contributed by atoms with Gasteiger partial charge in [-0.1, -0.05) is 119 Å². The summed E-state index contributed by atoms with van der Waals surface area (Å²) >= 11 is 0. The van der Waals surface area contributed by atoms with E-state index in [0.29, 0.717) is 12.3 Å². The first kappa shape index (κ1) is 38.9. The Labute approximate surface area is 303 Å². The number of nitrogens with one attached hydrogen (secondary N) is 1. The van der Waals surface area contributed by atoms with Gasteiger partial charge in [-0.3, -0.25) is 14.8 Å². The van der Waals surface area contributed by atoms with Gasteiger partial charge in [0, 0.05) is 35.9 Å². The van der Waals surface area contributed by atoms with Crippen molar-refractivity contribution in [2.24, 2.45) is 32.5 Å². The summed E-state index contributed by atoms with van der Waals surface area (Å²) in [4.78, 5) is 26.0. The number of hydrogen-bond acceptors (Lipinski definition) is 4. The first-order valence-corrected chi connectivity index (χ1v) is 18.4. The van der Waals surface area contributed by atoms with Crippen LogP contribution >= 0.6 is 0 Å². The highest BCUT2D eigenvalue weighted by atomic mass is 16.1. The van der Waals surface area contributed by atoms with Crippen molar-refractivity contribution in [3.8, 4) is 0 Å². The van der Waals surface area contributed by atoms with Gasteiger partial charge in [0.2, 0.25) is 5.91 Å². The molecule has 270 valence electrons. The molecule has 0 aromatic heterocycles. The summed E-state index contributed by atoms with van der Waals surface area (Å²) in [5.41, 5.74) is 12.5. The van der Waals surface area contributed by atoms with Crippen molar-refractivity contribution in [1.29, 1.82) is 0 Å². The molecule has 1 amide bonds. The molecule has 0 bridgehead atoms. The van der Waals surface area contributed by atoms with Crippen LogP contribution in [-0.2, 0) is 15.6 Å². The van der Waals surface area contributed by atoms with Gasteiger partial charge < -0.3 is 16.0 Å². The lowest BCUT2D eigenvalue weighted by atomic mass is 9.75. The lowest BCUT2D eigenvalue weighted by Crippen LogP contribution is -2.40. The number of hydrogen-bond donors (Lipinski definition) is 2. The molecule has 6 nitrogen and oxygen atoms in total. The molecule has 2 aliphatic rings. The Morgan fingerprint density at radius 1 is 0.940 bits per heavy atom. The van der Waals surface area contributed by atoms with Gasteiger partial charge in [0.1, 0.15) is 5.84 Å². The molecule has 2 aromatic rings. The summed E-state index contributed by atoms with van der Waals surface area (Å²) in [5, 5.41) is 3.20. The molecule has 1 heterocycles. The molecule has 3 N–H and O–H groups in total. The van der Waals surface area contributed by atoms with E-state index >= 15 is 0 Å². The quantitative estimate of drug-likeness (QED) is 0.194. The second kappa shape index (κ2) is 14.7. The number of aliphatic imine (C=N–C) groups is 2. The molecular weight excluding hydrogens is 615 g/mol. The van der Waals surface area contributed by atoms with E-state index < -0.39 is 11.5 Å². The van der Waals surface area contributed by atoms with Crippen LogP contribution in [0.5, 0.6) is 0 Å². The first-order valence-electron chi connectivity index (χ1n) is 18.4. The Hall–Kier alpha value is -3.93. The average Bonchev–Trinajstić information content (AvgIpc) is 3.01. The molecule has 4 rings (SSSR count). The molecule has 1 aliphatic heterocycles. The van der Waals surface area contributed by atoms with Gasteiger partial charge in [-0.2, -0.15) is 0 Å². The number of rotatable bonds is 10. The number of carbonyl (C=O) groups excluding carboxylic acids is 1. The zero-order valence-electron chi connectivity index (χ0n) is 32.9. The third-order valence-electron chi connectivity index (χ3n) is 10.5. The summed E-state index contributed by atoms with van der Waals surface area (Å²) in [6.45, 7) is 27.3. The molecule has 2 aromatic carbocycles. The molecule has 6 heteroatoms. The Kier molecular flexibility index (Phi) is 11.5. The summed E-state index contributed by atoms with van der Waals surface area (Å²) in [5.74, 6) is 0.118. The fourth-order valence-electron chi connectivity index (χ4n) is 6.78. The second-order valence-corrected chi connectivity index (χ2v) is 18.0. The van der Waals surface area contributed by atoms with Gasteiger partial charge in [0.15, 0.2) is 0 Å². The van der Waals surface area contributed by atoms with Gasteiger partial charge in [-0.05, 0) is 89.3 Å². The topological polar surface area (TPSA) is 83.1 Å². The maximum Gasteiger partial charge on any atom is 0.233 e. The molecule has 50 heavy (non-hydrogen) atoms. The molecule has 0 spiro atoms. The van der Waals surface area contributed by atoms with Crippen LogP contribution in [0.4, 0.5) is 11.4 Å². The standard InChI is InChI=1S/C44H63N5O/c1-13-24-42(8,9)36(29-46-33-18-14-31(15-19-33)40(2,3)4)39(50)47-34-22-25-44(12,26-23-34)48-38(45)37-30-49(28-27-43(37,10)11)35-20-16-32(17-21-35)41(5,6)7/h14-23,25,29-30,36H,13,24,26-28H2,1-12H3,(H2,45,48)(H,47,50). The van der Waals surface area contributed by atoms with Crippen molar-refractivity contribution >= 4 is 29.3 Å². The van der Waals surface area contributed by atoms with Crippen LogP contribution in [0.25, 0.3) is 0 Å². The average molecular weight is 678 g/mol. The molecule has 0 saturated carbocycles. The zero-order valence-corrected chi connectivity index (χ0v) is 32.9. The number of anilines is 1. The molecule has 2 atom stereocenters. The molecule has 0 radical (unpaired) electrons. The third-order valence-corrected chi connectivity index (χ3v) is 10.5. The van der Waals surface area contributed by atoms with Crippen LogP contribution in [0.15, 0.2) is 94.2 Å². The maximum absolute atomic E-state index is 13.8. The lowest BCUT2D eigenvalue weighted by molar-refractivity contribution is -0.124. The van der Waals surface area contributed by atoms with Crippen LogP contribution < -0.4 is 16.0 Å². The van der Waals surface area contributed by atoms with Crippen LogP contribution in [-0.4, -0.2) is 30.0 Å². The highest BCUT2D eigenvalue weighted by Crippen LogP contribution is 2.38. The van der Waals surface area contributed by atoms with E-state index in [1.54, 1.807) is 0 Å². The number of nitrogens with zero attached hydrogens (tertiary/aromatic N) is 3. The fraction of sp³-hybridized carbons (Fsp3) is 0.523. The van der Waals surface area contributed by atoms with Crippen molar-refractivity contribution < 1.29 is 4.79 Å². The van der Waals surface area contributed by atoms with Crippen LogP contribution in [0.2, 0.25) is 0 Å². The van der Waals surface area contributed by atoms with Gasteiger partial charge in [-0.25, -0.2) is 0 Å². The molecule has 0 fully saturated rings. The summed E-state index contributed by atoms with van der Waals surface area (Å²) < 4.78 is 0. The number of benzene rings is 2. The van der Waals surface area contributed by atoms with Crippen molar-refractivity contribution in [2.75, 3.05) is 11.4 Å². The number of amides is 1. The van der Waals surface area contributed by atoms with Crippen molar-refractivity contribution in [2.45, 2.75) is 125 Å². The summed E-state index contributed by atoms with van der Waals surface area (Å²) in [7, 11) is 0. The molecule has 0 saturated heterocycles. The SMILES string of the molecule is CCCC(C)(C)C(C=Nc1ccc(C(C)(C)C)cc1)C(=O)NC1=CCC(C)(N=C(N)C2=CN(c3ccc(C(C)(C)C)cc3)CCC2(C)C)C=C1. The van der Waals surface area contributed by atoms with Gasteiger partial charge >= 0.3 is 0 Å². The normalized spacial score (nSPS) is 20.8. The van der Waals surface area contributed by atoms with Gasteiger partial charge in [0.25, 0.3) is 0 Å². The van der Waals surface area contributed by atoms with Crippen LogP contribution in [0.3, 0.4) is 0 Å². The predicted octanol–water partition coefficient (Wildman–Crippen LogP) is 10.3. The van der Waals surface area contributed by atoms with E-state index in [9.17, 15) is 4.79 Å². The highest BCUT2D eigenvalue weighted by molar-refractivity contribution is 5.99. The zero-order chi connectivity index (χ0) is 37.1. The monoisotopic (exact) mass is 678 g/mol. The number of allylic oxidation sites excluding steroid dienone is 1. The van der Waals surface area contributed by atoms with Crippen LogP contribution in [0, 0.1) is 16.7 Å². The minimum atomic E-state index is -0.520. The summed E-state index contributed by atoms with van der Waals surface area (Å²) in [6, 6.07) is 17.2. The highest BCUT2D eigenvalue weighted by Gasteiger charge is 2.35. The molecule has 1 aliphatic carbocycles. The fourth-order valence-corrected chi connectivity index (χ4v) is 6.78. The minimum absolute atomic E-state index is 0.0502. The second-order valence-electron chi connectivity index (χ2n) is 18.0. The van der Waals surface area contributed by atoms with E-state index in [-0.39, 0.29) is 27.6 Å². The Morgan fingerprint density at radius 3 is 2.04 bits per heavy atom. The number of amidine groups is 1. The van der Waals surface area contributed by atoms with Crippen LogP contribution in [0.1, 0.15) is 120 Å². The van der Waals surface area contributed by atoms with E-state index in [4.69, 9.17) is 15.7 Å². The minimum Gasteiger partial charge on any atom is -0.384 e. The van der Waals surface area contributed by atoms with Crippen molar-refractivity contribution in [3.05, 3.63) is 95.4 Å². The molecular formula is C44H63N5O. The summed E-state index contributed by atoms with van der Waals surface area (Å²) in [6.07, 6.45) is 13.6. The molecule has 2 unspecified atom stereocenters. The Morgan fingerprint density at radius 2 is 1.52 bits per heavy atom. The van der Waals surface area contributed by atoms with E-state index in [1.807, 2.05) is 24.4 Å². The van der Waals surface area contributed by atoms with E-state index in [0.717, 1.165) is 48.5 Å². The largest absolute Gasteiger partial charge is 0.384 e. The van der Waals surface area contributed by atoms with Gasteiger partial charge in [-0.15, -0.1) is 0 Å². The maximum atomic E-state index is 13.8. The first-order chi connectivity index (χ1) is 23.1. The number of nitrogens with two attached hydrogens (primary N) is 1. The van der Waals surface area contributed by atoms with Crippen molar-refractivity contribution in [1.82, 2.24) is 5.32 Å². The van der Waals surface area contributed by atoms with Gasteiger partial charge in [0.05, 0.1) is 17.1 Å². The smallest absolute Gasteiger partial charge is 0.233 e. The predicted molar refractivity (Wildman–Crippen MR) is 214 cm³/mol. The van der Waals surface area contributed by atoms with Crippen molar-refractivity contribution in [3.63, 3.8) is 0 Å². The lowest BCUT2D eigenvalue weighted by Gasteiger charge is -2.38. The third kappa shape index (κ3) is 9.64. The van der Waals surface area contributed by atoms with E-state index in [1.165, 1.54) is 11.1 Å². The van der Waals surface area contributed by atoms with E-state index in [2.05, 4.69) is 148 Å². The number of carbonyl (C=O) groups is 1. The Bertz CT molecular complexity index is 1660. The Balaban J connectivity index is 1.49.